The van der Waals surface area contributed by atoms with Crippen LogP contribution in [0.1, 0.15) is 33.1 Å². The van der Waals surface area contributed by atoms with Gasteiger partial charge in [0.1, 0.15) is 5.82 Å². The Balaban J connectivity index is 1.42. The highest BCUT2D eigenvalue weighted by atomic mass is 19.1. The zero-order chi connectivity index (χ0) is 22.9. The maximum atomic E-state index is 13.1. The van der Waals surface area contributed by atoms with Crippen molar-refractivity contribution < 1.29 is 14.0 Å². The molecule has 1 aromatic rings. The Bertz CT molecular complexity index is 792. The van der Waals surface area contributed by atoms with Gasteiger partial charge in [-0.3, -0.25) is 14.6 Å². The first-order chi connectivity index (χ1) is 15.5. The number of hydrogen-bond acceptors (Lipinski definition) is 4. The predicted molar refractivity (Wildman–Crippen MR) is 124 cm³/mol. The number of amides is 2. The van der Waals surface area contributed by atoms with Crippen LogP contribution in [0, 0.1) is 5.82 Å². The molecule has 0 saturated carbocycles. The van der Waals surface area contributed by atoms with E-state index in [1.54, 1.807) is 12.1 Å². The van der Waals surface area contributed by atoms with Crippen LogP contribution in [0.15, 0.2) is 29.3 Å². The SMILES string of the molecule is CCNC(=NCCC(=O)N1CCN(c2ccc(F)cc2)CC1)NC1CCN(C(=O)CC)C1. The van der Waals surface area contributed by atoms with Crippen molar-refractivity contribution in [1.29, 1.82) is 0 Å². The smallest absolute Gasteiger partial charge is 0.224 e. The van der Waals surface area contributed by atoms with E-state index in [2.05, 4.69) is 20.5 Å². The second-order valence-corrected chi connectivity index (χ2v) is 8.18. The van der Waals surface area contributed by atoms with Gasteiger partial charge in [0, 0.05) is 70.4 Å². The van der Waals surface area contributed by atoms with E-state index >= 15 is 0 Å². The lowest BCUT2D eigenvalue weighted by Crippen LogP contribution is -2.49. The number of piperazine rings is 1. The number of rotatable bonds is 7. The Labute approximate surface area is 189 Å². The highest BCUT2D eigenvalue weighted by Gasteiger charge is 2.26. The van der Waals surface area contributed by atoms with E-state index in [0.717, 1.165) is 38.3 Å². The quantitative estimate of drug-likeness (QED) is 0.489. The highest BCUT2D eigenvalue weighted by Crippen LogP contribution is 2.17. The molecular weight excluding hydrogens is 411 g/mol. The molecule has 9 heteroatoms. The van der Waals surface area contributed by atoms with Gasteiger partial charge < -0.3 is 25.3 Å². The summed E-state index contributed by atoms with van der Waals surface area (Å²) >= 11 is 0. The number of halogens is 1. The highest BCUT2D eigenvalue weighted by molar-refractivity contribution is 5.81. The molecule has 2 fully saturated rings. The summed E-state index contributed by atoms with van der Waals surface area (Å²) < 4.78 is 13.1. The van der Waals surface area contributed by atoms with Crippen LogP contribution in [0.25, 0.3) is 0 Å². The second kappa shape index (κ2) is 11.7. The van der Waals surface area contributed by atoms with Crippen molar-refractivity contribution >= 4 is 23.5 Å². The Morgan fingerprint density at radius 1 is 1.03 bits per heavy atom. The van der Waals surface area contributed by atoms with Crippen LogP contribution in [0.5, 0.6) is 0 Å². The average molecular weight is 447 g/mol. The van der Waals surface area contributed by atoms with E-state index in [-0.39, 0.29) is 23.7 Å². The molecule has 0 aromatic heterocycles. The van der Waals surface area contributed by atoms with Crippen molar-refractivity contribution in [2.45, 2.75) is 39.2 Å². The van der Waals surface area contributed by atoms with E-state index in [1.165, 1.54) is 12.1 Å². The van der Waals surface area contributed by atoms with Crippen LogP contribution in [0.3, 0.4) is 0 Å². The topological polar surface area (TPSA) is 80.3 Å². The molecule has 2 aliphatic rings. The first-order valence-corrected chi connectivity index (χ1v) is 11.6. The molecule has 2 amide bonds. The number of hydrogen-bond donors (Lipinski definition) is 2. The minimum atomic E-state index is -0.241. The summed E-state index contributed by atoms with van der Waals surface area (Å²) in [6.07, 6.45) is 1.78. The van der Waals surface area contributed by atoms with Gasteiger partial charge in [0.2, 0.25) is 11.8 Å². The summed E-state index contributed by atoms with van der Waals surface area (Å²) in [5.74, 6) is 0.733. The third-order valence-electron chi connectivity index (χ3n) is 5.95. The van der Waals surface area contributed by atoms with Crippen LogP contribution in [0.4, 0.5) is 10.1 Å². The first kappa shape index (κ1) is 23.8. The standard InChI is InChI=1S/C23H35FN6O2/c1-3-21(31)30-12-10-19(17-30)27-23(25-4-2)26-11-9-22(32)29-15-13-28(14-16-29)20-7-5-18(24)6-8-20/h5-8,19H,3-4,9-17H2,1-2H3,(H2,25,26,27). The predicted octanol–water partition coefficient (Wildman–Crippen LogP) is 1.43. The van der Waals surface area contributed by atoms with Crippen LogP contribution in [0.2, 0.25) is 0 Å². The molecule has 0 bridgehead atoms. The normalized spacial score (nSPS) is 19.3. The number of aliphatic imine (C=N–C) groups is 1. The number of likely N-dealkylation sites (tertiary alicyclic amines) is 1. The van der Waals surface area contributed by atoms with Crippen molar-refractivity contribution in [3.63, 3.8) is 0 Å². The fraction of sp³-hybridized carbons (Fsp3) is 0.609. The minimum Gasteiger partial charge on any atom is -0.368 e. The molecule has 1 aromatic carbocycles. The molecule has 1 unspecified atom stereocenters. The Hall–Kier alpha value is -2.84. The average Bonchev–Trinajstić information content (AvgIpc) is 3.27. The Kier molecular flexibility index (Phi) is 8.70. The Morgan fingerprint density at radius 3 is 2.41 bits per heavy atom. The summed E-state index contributed by atoms with van der Waals surface area (Å²) in [4.78, 5) is 35.0. The summed E-state index contributed by atoms with van der Waals surface area (Å²) in [5, 5.41) is 6.62. The first-order valence-electron chi connectivity index (χ1n) is 11.6. The molecule has 3 rings (SSSR count). The summed E-state index contributed by atoms with van der Waals surface area (Å²) in [6, 6.07) is 6.66. The second-order valence-electron chi connectivity index (χ2n) is 8.18. The van der Waals surface area contributed by atoms with Gasteiger partial charge in [-0.15, -0.1) is 0 Å². The van der Waals surface area contributed by atoms with Gasteiger partial charge in [0.05, 0.1) is 6.54 Å². The minimum absolute atomic E-state index is 0.101. The van der Waals surface area contributed by atoms with Crippen molar-refractivity contribution in [3.05, 3.63) is 30.1 Å². The molecule has 1 atom stereocenters. The zero-order valence-corrected chi connectivity index (χ0v) is 19.1. The largest absolute Gasteiger partial charge is 0.368 e. The van der Waals surface area contributed by atoms with Crippen molar-refractivity contribution in [1.82, 2.24) is 20.4 Å². The van der Waals surface area contributed by atoms with Gasteiger partial charge in [-0.1, -0.05) is 6.92 Å². The third kappa shape index (κ3) is 6.58. The van der Waals surface area contributed by atoms with E-state index in [9.17, 15) is 14.0 Å². The molecule has 2 aliphatic heterocycles. The molecule has 8 nitrogen and oxygen atoms in total. The van der Waals surface area contributed by atoms with Crippen molar-refractivity contribution in [3.8, 4) is 0 Å². The third-order valence-corrected chi connectivity index (χ3v) is 5.95. The molecule has 0 radical (unpaired) electrons. The Morgan fingerprint density at radius 2 is 1.75 bits per heavy atom. The van der Waals surface area contributed by atoms with Gasteiger partial charge in [-0.2, -0.15) is 0 Å². The lowest BCUT2D eigenvalue weighted by Gasteiger charge is -2.36. The maximum Gasteiger partial charge on any atom is 0.224 e. The van der Waals surface area contributed by atoms with Gasteiger partial charge in [-0.25, -0.2) is 4.39 Å². The van der Waals surface area contributed by atoms with Crippen LogP contribution >= 0.6 is 0 Å². The molecule has 32 heavy (non-hydrogen) atoms. The fourth-order valence-electron chi connectivity index (χ4n) is 4.13. The number of carbonyl (C=O) groups excluding carboxylic acids is 2. The summed E-state index contributed by atoms with van der Waals surface area (Å²) in [7, 11) is 0. The molecule has 0 aliphatic carbocycles. The van der Waals surface area contributed by atoms with Crippen LogP contribution < -0.4 is 15.5 Å². The summed E-state index contributed by atoms with van der Waals surface area (Å²) in [5.41, 5.74) is 0.982. The monoisotopic (exact) mass is 446 g/mol. The van der Waals surface area contributed by atoms with Gasteiger partial charge in [-0.05, 0) is 37.6 Å². The molecule has 0 spiro atoms. The molecule has 176 valence electrons. The van der Waals surface area contributed by atoms with Gasteiger partial charge in [0.15, 0.2) is 5.96 Å². The van der Waals surface area contributed by atoms with Gasteiger partial charge >= 0.3 is 0 Å². The molecule has 2 heterocycles. The van der Waals surface area contributed by atoms with E-state index in [0.29, 0.717) is 45.0 Å². The van der Waals surface area contributed by atoms with E-state index in [1.807, 2.05) is 23.6 Å². The lowest BCUT2D eigenvalue weighted by atomic mass is 10.2. The van der Waals surface area contributed by atoms with E-state index in [4.69, 9.17) is 0 Å². The van der Waals surface area contributed by atoms with Crippen LogP contribution in [-0.2, 0) is 9.59 Å². The van der Waals surface area contributed by atoms with Crippen LogP contribution in [-0.4, -0.2) is 86.0 Å². The molecule has 2 saturated heterocycles. The van der Waals surface area contributed by atoms with Crippen molar-refractivity contribution in [2.24, 2.45) is 4.99 Å². The number of benzene rings is 1. The lowest BCUT2D eigenvalue weighted by molar-refractivity contribution is -0.131. The fourth-order valence-corrected chi connectivity index (χ4v) is 4.13. The molecule has 2 N–H and O–H groups in total. The van der Waals surface area contributed by atoms with Crippen molar-refractivity contribution in [2.75, 3.05) is 57.3 Å². The van der Waals surface area contributed by atoms with E-state index < -0.39 is 0 Å². The zero-order valence-electron chi connectivity index (χ0n) is 19.1. The number of guanidine groups is 1. The maximum absolute atomic E-state index is 13.1. The number of nitrogens with zero attached hydrogens (tertiary/aromatic N) is 4. The number of carbonyl (C=O) groups is 2. The number of nitrogens with one attached hydrogen (secondary N) is 2. The van der Waals surface area contributed by atoms with Gasteiger partial charge in [0.25, 0.3) is 0 Å². The summed E-state index contributed by atoms with van der Waals surface area (Å²) in [6.45, 7) is 9.27. The molecular formula is C23H35FN6O2. The number of anilines is 1.